The minimum absolute atomic E-state index is 0.171. The van der Waals surface area contributed by atoms with Crippen LogP contribution in [0.1, 0.15) is 23.2 Å². The highest BCUT2D eigenvalue weighted by Gasteiger charge is 2.31. The van der Waals surface area contributed by atoms with Gasteiger partial charge >= 0.3 is 0 Å². The summed E-state index contributed by atoms with van der Waals surface area (Å²) in [5.74, 6) is 0.282. The predicted octanol–water partition coefficient (Wildman–Crippen LogP) is -0.290. The molecule has 0 saturated carbocycles. The quantitative estimate of drug-likeness (QED) is 0.800. The lowest BCUT2D eigenvalue weighted by Gasteiger charge is -2.40. The SMILES string of the molecule is O=C(c1ccc[nH]c1=O)N1CCN(C2CCS(=O)(=O)CC2)CC1. The van der Waals surface area contributed by atoms with E-state index in [1.165, 1.54) is 6.20 Å². The average Bonchev–Trinajstić information content (AvgIpc) is 2.55. The Hall–Kier alpha value is -1.67. The van der Waals surface area contributed by atoms with Crippen LogP contribution in [0.3, 0.4) is 0 Å². The Morgan fingerprint density at radius 3 is 2.39 bits per heavy atom. The third-order valence-corrected chi connectivity index (χ3v) is 6.41. The maximum atomic E-state index is 12.4. The Labute approximate surface area is 135 Å². The number of piperazine rings is 1. The summed E-state index contributed by atoms with van der Waals surface area (Å²) < 4.78 is 23.0. The van der Waals surface area contributed by atoms with Gasteiger partial charge in [-0.3, -0.25) is 14.5 Å². The zero-order valence-corrected chi connectivity index (χ0v) is 13.7. The van der Waals surface area contributed by atoms with Crippen LogP contribution in [0.15, 0.2) is 23.1 Å². The highest BCUT2D eigenvalue weighted by atomic mass is 32.2. The van der Waals surface area contributed by atoms with Gasteiger partial charge in [0.2, 0.25) is 0 Å². The summed E-state index contributed by atoms with van der Waals surface area (Å²) in [5.41, 5.74) is -0.192. The van der Waals surface area contributed by atoms with Crippen molar-refractivity contribution < 1.29 is 13.2 Å². The smallest absolute Gasteiger partial charge is 0.260 e. The first-order chi connectivity index (χ1) is 11.0. The number of carbonyl (C=O) groups excluding carboxylic acids is 1. The van der Waals surface area contributed by atoms with E-state index in [0.717, 1.165) is 13.1 Å². The summed E-state index contributed by atoms with van der Waals surface area (Å²) in [4.78, 5) is 30.6. The van der Waals surface area contributed by atoms with Gasteiger partial charge in [0.1, 0.15) is 15.4 Å². The van der Waals surface area contributed by atoms with Crippen molar-refractivity contribution in [3.05, 3.63) is 34.2 Å². The molecule has 0 unspecified atom stereocenters. The first-order valence-corrected chi connectivity index (χ1v) is 9.70. The van der Waals surface area contributed by atoms with Crippen LogP contribution in [0, 0.1) is 0 Å². The van der Waals surface area contributed by atoms with E-state index in [2.05, 4.69) is 9.88 Å². The van der Waals surface area contributed by atoms with E-state index in [-0.39, 0.29) is 34.6 Å². The molecule has 126 valence electrons. The number of hydrogen-bond donors (Lipinski definition) is 1. The van der Waals surface area contributed by atoms with E-state index in [4.69, 9.17) is 0 Å². The first kappa shape index (κ1) is 16.2. The largest absolute Gasteiger partial charge is 0.336 e. The van der Waals surface area contributed by atoms with Crippen LogP contribution in [-0.4, -0.2) is 72.8 Å². The van der Waals surface area contributed by atoms with E-state index in [0.29, 0.717) is 25.9 Å². The maximum Gasteiger partial charge on any atom is 0.260 e. The van der Waals surface area contributed by atoms with Gasteiger partial charge in [-0.2, -0.15) is 0 Å². The van der Waals surface area contributed by atoms with Crippen molar-refractivity contribution in [3.63, 3.8) is 0 Å². The molecule has 8 heteroatoms. The molecule has 0 aromatic carbocycles. The lowest BCUT2D eigenvalue weighted by molar-refractivity contribution is 0.0556. The van der Waals surface area contributed by atoms with Gasteiger partial charge in [0, 0.05) is 38.4 Å². The standard InChI is InChI=1S/C15H21N3O4S/c19-14-13(2-1-5-16-14)15(20)18-8-6-17(7-9-18)12-3-10-23(21,22)11-4-12/h1-2,5,12H,3-4,6-11H2,(H,16,19). The zero-order valence-electron chi connectivity index (χ0n) is 12.9. The van der Waals surface area contributed by atoms with Gasteiger partial charge in [-0.25, -0.2) is 8.42 Å². The van der Waals surface area contributed by atoms with Crippen molar-refractivity contribution in [2.45, 2.75) is 18.9 Å². The molecule has 2 aliphatic rings. The fraction of sp³-hybridized carbons (Fsp3) is 0.600. The van der Waals surface area contributed by atoms with E-state index in [9.17, 15) is 18.0 Å². The number of amides is 1. The molecule has 0 spiro atoms. The Kier molecular flexibility index (Phi) is 4.54. The minimum Gasteiger partial charge on any atom is -0.336 e. The van der Waals surface area contributed by atoms with Crippen LogP contribution in [0.25, 0.3) is 0 Å². The molecular formula is C15H21N3O4S. The second-order valence-electron chi connectivity index (χ2n) is 6.12. The topological polar surface area (TPSA) is 90.6 Å². The normalized spacial score (nSPS) is 22.9. The van der Waals surface area contributed by atoms with Crippen LogP contribution < -0.4 is 5.56 Å². The van der Waals surface area contributed by atoms with E-state index >= 15 is 0 Å². The second-order valence-corrected chi connectivity index (χ2v) is 8.43. The number of carbonyl (C=O) groups is 1. The number of H-pyrrole nitrogens is 1. The molecule has 23 heavy (non-hydrogen) atoms. The number of sulfone groups is 1. The summed E-state index contributed by atoms with van der Waals surface area (Å²) in [7, 11) is -2.85. The monoisotopic (exact) mass is 339 g/mol. The molecule has 0 aliphatic carbocycles. The van der Waals surface area contributed by atoms with Crippen molar-refractivity contribution in [2.75, 3.05) is 37.7 Å². The van der Waals surface area contributed by atoms with Gasteiger partial charge in [-0.15, -0.1) is 0 Å². The molecule has 2 fully saturated rings. The van der Waals surface area contributed by atoms with Crippen LogP contribution in [-0.2, 0) is 9.84 Å². The summed E-state index contributed by atoms with van der Waals surface area (Å²) in [6.45, 7) is 2.58. The van der Waals surface area contributed by atoms with Crippen molar-refractivity contribution >= 4 is 15.7 Å². The Morgan fingerprint density at radius 1 is 1.13 bits per heavy atom. The number of nitrogens with one attached hydrogen (secondary N) is 1. The molecule has 1 N–H and O–H groups in total. The van der Waals surface area contributed by atoms with E-state index in [1.54, 1.807) is 17.0 Å². The number of aromatic nitrogens is 1. The number of hydrogen-bond acceptors (Lipinski definition) is 5. The molecule has 3 rings (SSSR count). The lowest BCUT2D eigenvalue weighted by atomic mass is 10.1. The lowest BCUT2D eigenvalue weighted by Crippen LogP contribution is -2.53. The van der Waals surface area contributed by atoms with Crippen molar-refractivity contribution in [2.24, 2.45) is 0 Å². The van der Waals surface area contributed by atoms with Crippen LogP contribution >= 0.6 is 0 Å². The number of rotatable bonds is 2. The molecule has 0 bridgehead atoms. The summed E-state index contributed by atoms with van der Waals surface area (Å²) >= 11 is 0. The third-order valence-electron chi connectivity index (χ3n) is 4.69. The molecule has 1 aromatic rings. The summed E-state index contributed by atoms with van der Waals surface area (Å²) in [6, 6.07) is 3.48. The average molecular weight is 339 g/mol. The number of nitrogens with zero attached hydrogens (tertiary/aromatic N) is 2. The van der Waals surface area contributed by atoms with Crippen LogP contribution in [0.4, 0.5) is 0 Å². The molecule has 1 aromatic heterocycles. The zero-order chi connectivity index (χ0) is 16.4. The molecule has 1 amide bonds. The van der Waals surface area contributed by atoms with Crippen molar-refractivity contribution in [3.8, 4) is 0 Å². The second kappa shape index (κ2) is 6.45. The van der Waals surface area contributed by atoms with Gasteiger partial charge in [0.15, 0.2) is 0 Å². The highest BCUT2D eigenvalue weighted by Crippen LogP contribution is 2.20. The molecule has 2 aliphatic heterocycles. The summed E-state index contributed by atoms with van der Waals surface area (Å²) in [5, 5.41) is 0. The number of aromatic amines is 1. The number of pyridine rings is 1. The van der Waals surface area contributed by atoms with E-state index < -0.39 is 9.84 Å². The van der Waals surface area contributed by atoms with Gasteiger partial charge in [0.05, 0.1) is 11.5 Å². The first-order valence-electron chi connectivity index (χ1n) is 7.88. The predicted molar refractivity (Wildman–Crippen MR) is 86.2 cm³/mol. The molecular weight excluding hydrogens is 318 g/mol. The van der Waals surface area contributed by atoms with Crippen molar-refractivity contribution in [1.29, 1.82) is 0 Å². The van der Waals surface area contributed by atoms with Crippen molar-refractivity contribution in [1.82, 2.24) is 14.8 Å². The highest BCUT2D eigenvalue weighted by molar-refractivity contribution is 7.91. The van der Waals surface area contributed by atoms with Crippen LogP contribution in [0.2, 0.25) is 0 Å². The Morgan fingerprint density at radius 2 is 1.78 bits per heavy atom. The van der Waals surface area contributed by atoms with E-state index in [1.807, 2.05) is 0 Å². The fourth-order valence-electron chi connectivity index (χ4n) is 3.29. The minimum atomic E-state index is -2.85. The molecule has 2 saturated heterocycles. The van der Waals surface area contributed by atoms with Gasteiger partial charge in [-0.05, 0) is 25.0 Å². The van der Waals surface area contributed by atoms with Gasteiger partial charge in [0.25, 0.3) is 11.5 Å². The Bertz CT molecular complexity index is 721. The Balaban J connectivity index is 1.58. The fourth-order valence-corrected chi connectivity index (χ4v) is 4.76. The molecule has 3 heterocycles. The van der Waals surface area contributed by atoms with Gasteiger partial charge < -0.3 is 9.88 Å². The third kappa shape index (κ3) is 3.64. The molecule has 0 atom stereocenters. The summed E-state index contributed by atoms with van der Waals surface area (Å²) in [6.07, 6.45) is 2.86. The maximum absolute atomic E-state index is 12.4. The molecule has 0 radical (unpaired) electrons. The van der Waals surface area contributed by atoms with Gasteiger partial charge in [-0.1, -0.05) is 0 Å². The molecule has 7 nitrogen and oxygen atoms in total. The van der Waals surface area contributed by atoms with Crippen LogP contribution in [0.5, 0.6) is 0 Å².